The average molecular weight is 347 g/mol. The molecule has 4 rings (SSSR count). The maximum atomic E-state index is 5.69. The summed E-state index contributed by atoms with van der Waals surface area (Å²) in [6, 6.07) is 10.1. The first-order valence-corrected chi connectivity index (χ1v) is 8.66. The maximum Gasteiger partial charge on any atom is 0.163 e. The molecule has 0 aliphatic carbocycles. The summed E-state index contributed by atoms with van der Waals surface area (Å²) in [7, 11) is 1.68. The minimum absolute atomic E-state index is 0.775. The fourth-order valence-corrected chi connectivity index (χ4v) is 3.34. The van der Waals surface area contributed by atoms with Crippen molar-refractivity contribution < 1.29 is 4.74 Å². The van der Waals surface area contributed by atoms with Gasteiger partial charge in [-0.25, -0.2) is 14.2 Å². The zero-order valence-corrected chi connectivity index (χ0v) is 15.4. The van der Waals surface area contributed by atoms with E-state index in [1.165, 1.54) is 0 Å². The summed E-state index contributed by atoms with van der Waals surface area (Å²) in [5, 5.41) is 9.02. The number of methoxy groups -OCH3 is 1. The van der Waals surface area contributed by atoms with Gasteiger partial charge in [0.2, 0.25) is 0 Å². The fraction of sp³-hybridized carbons (Fsp3) is 0.250. The third-order valence-corrected chi connectivity index (χ3v) is 4.55. The van der Waals surface area contributed by atoms with Gasteiger partial charge in [0, 0.05) is 35.4 Å². The van der Waals surface area contributed by atoms with Gasteiger partial charge < -0.3 is 4.74 Å². The Morgan fingerprint density at radius 1 is 1.15 bits per heavy atom. The minimum Gasteiger partial charge on any atom is -0.496 e. The van der Waals surface area contributed by atoms with Crippen LogP contribution in [-0.2, 0) is 6.42 Å². The molecule has 0 aliphatic rings. The molecule has 0 saturated carbocycles. The molecule has 6 nitrogen and oxygen atoms in total. The number of aromatic nitrogens is 5. The molecule has 0 atom stereocenters. The summed E-state index contributed by atoms with van der Waals surface area (Å²) in [5.41, 5.74) is 6.87. The van der Waals surface area contributed by atoms with Gasteiger partial charge in [-0.3, -0.25) is 0 Å². The van der Waals surface area contributed by atoms with E-state index in [1.807, 2.05) is 47.4 Å². The van der Waals surface area contributed by atoms with E-state index < -0.39 is 0 Å². The Hall–Kier alpha value is -3.15. The molecular weight excluding hydrogens is 326 g/mol. The molecule has 3 aromatic heterocycles. The van der Waals surface area contributed by atoms with Gasteiger partial charge in [0.25, 0.3) is 0 Å². The van der Waals surface area contributed by atoms with Gasteiger partial charge in [0.05, 0.1) is 24.1 Å². The van der Waals surface area contributed by atoms with Crippen molar-refractivity contribution in [3.63, 3.8) is 0 Å². The summed E-state index contributed by atoms with van der Waals surface area (Å²) in [5.74, 6) is 0.775. The Morgan fingerprint density at radius 2 is 2.00 bits per heavy atom. The Kier molecular flexibility index (Phi) is 3.95. The zero-order valence-electron chi connectivity index (χ0n) is 15.4. The molecule has 0 fully saturated rings. The molecule has 26 heavy (non-hydrogen) atoms. The molecular formula is C20H21N5O. The van der Waals surface area contributed by atoms with E-state index in [0.717, 1.165) is 51.7 Å². The monoisotopic (exact) mass is 347 g/mol. The summed E-state index contributed by atoms with van der Waals surface area (Å²) in [6.45, 7) is 6.16. The highest BCUT2D eigenvalue weighted by molar-refractivity contribution is 5.84. The molecule has 0 bridgehead atoms. The Bertz CT molecular complexity index is 1080. The maximum absolute atomic E-state index is 5.69. The molecule has 0 aliphatic heterocycles. The Morgan fingerprint density at radius 3 is 2.69 bits per heavy atom. The predicted molar refractivity (Wildman–Crippen MR) is 101 cm³/mol. The molecule has 3 heterocycles. The van der Waals surface area contributed by atoms with E-state index in [1.54, 1.807) is 13.3 Å². The molecule has 6 heteroatoms. The lowest BCUT2D eigenvalue weighted by Crippen LogP contribution is -2.01. The van der Waals surface area contributed by atoms with E-state index in [-0.39, 0.29) is 0 Å². The number of ether oxygens (including phenoxy) is 1. The SMILES string of the molecule is CCc1cc(C)nc2c(-c3ccc(-n4cccn4)cc3OC)c(C)nn12. The quantitative estimate of drug-likeness (QED) is 0.564. The first kappa shape index (κ1) is 16.3. The third kappa shape index (κ3) is 2.54. The number of rotatable bonds is 4. The van der Waals surface area contributed by atoms with E-state index in [4.69, 9.17) is 14.8 Å². The van der Waals surface area contributed by atoms with E-state index in [0.29, 0.717) is 0 Å². The molecule has 0 amide bonds. The van der Waals surface area contributed by atoms with Crippen LogP contribution in [0.5, 0.6) is 5.75 Å². The number of fused-ring (bicyclic) bond motifs is 1. The number of hydrogen-bond donors (Lipinski definition) is 0. The van der Waals surface area contributed by atoms with Crippen LogP contribution >= 0.6 is 0 Å². The van der Waals surface area contributed by atoms with E-state index in [2.05, 4.69) is 24.2 Å². The van der Waals surface area contributed by atoms with Gasteiger partial charge in [-0.15, -0.1) is 0 Å². The Labute approximate surface area is 152 Å². The summed E-state index contributed by atoms with van der Waals surface area (Å²) >= 11 is 0. The van der Waals surface area contributed by atoms with Gasteiger partial charge in [-0.05, 0) is 44.5 Å². The van der Waals surface area contributed by atoms with Crippen LogP contribution in [0.3, 0.4) is 0 Å². The molecule has 0 spiro atoms. The van der Waals surface area contributed by atoms with Crippen molar-refractivity contribution in [1.82, 2.24) is 24.4 Å². The van der Waals surface area contributed by atoms with Crippen molar-refractivity contribution in [3.05, 3.63) is 59.8 Å². The summed E-state index contributed by atoms with van der Waals surface area (Å²) in [6.07, 6.45) is 4.57. The van der Waals surface area contributed by atoms with Crippen LogP contribution in [-0.4, -0.2) is 31.5 Å². The summed E-state index contributed by atoms with van der Waals surface area (Å²) < 4.78 is 9.45. The van der Waals surface area contributed by atoms with Crippen LogP contribution in [0.2, 0.25) is 0 Å². The van der Waals surface area contributed by atoms with Crippen molar-refractivity contribution in [2.24, 2.45) is 0 Å². The number of benzene rings is 1. The second-order valence-electron chi connectivity index (χ2n) is 6.27. The molecule has 0 N–H and O–H groups in total. The smallest absolute Gasteiger partial charge is 0.163 e. The first-order chi connectivity index (χ1) is 12.6. The molecule has 132 valence electrons. The predicted octanol–water partition coefficient (Wildman–Crippen LogP) is 3.77. The topological polar surface area (TPSA) is 57.2 Å². The van der Waals surface area contributed by atoms with Gasteiger partial charge in [-0.2, -0.15) is 10.2 Å². The van der Waals surface area contributed by atoms with Crippen LogP contribution in [0.4, 0.5) is 0 Å². The van der Waals surface area contributed by atoms with Crippen molar-refractivity contribution >= 4 is 5.65 Å². The van der Waals surface area contributed by atoms with Crippen molar-refractivity contribution in [2.75, 3.05) is 7.11 Å². The minimum atomic E-state index is 0.775. The highest BCUT2D eigenvalue weighted by Crippen LogP contribution is 2.36. The van der Waals surface area contributed by atoms with Crippen LogP contribution in [0, 0.1) is 13.8 Å². The lowest BCUT2D eigenvalue weighted by molar-refractivity contribution is 0.416. The van der Waals surface area contributed by atoms with Crippen molar-refractivity contribution in [1.29, 1.82) is 0 Å². The summed E-state index contributed by atoms with van der Waals surface area (Å²) in [4.78, 5) is 4.76. The van der Waals surface area contributed by atoms with Crippen LogP contribution < -0.4 is 4.74 Å². The highest BCUT2D eigenvalue weighted by Gasteiger charge is 2.19. The van der Waals surface area contributed by atoms with Gasteiger partial charge in [0.15, 0.2) is 5.65 Å². The fourth-order valence-electron chi connectivity index (χ4n) is 3.34. The third-order valence-electron chi connectivity index (χ3n) is 4.55. The van der Waals surface area contributed by atoms with E-state index in [9.17, 15) is 0 Å². The van der Waals surface area contributed by atoms with Crippen LogP contribution in [0.15, 0.2) is 42.7 Å². The molecule has 0 unspecified atom stereocenters. The number of aryl methyl sites for hydroxylation is 3. The van der Waals surface area contributed by atoms with Gasteiger partial charge in [0.1, 0.15) is 5.75 Å². The highest BCUT2D eigenvalue weighted by atomic mass is 16.5. The first-order valence-electron chi connectivity index (χ1n) is 8.66. The number of nitrogens with zero attached hydrogens (tertiary/aromatic N) is 5. The average Bonchev–Trinajstić information content (AvgIpc) is 3.28. The second-order valence-corrected chi connectivity index (χ2v) is 6.27. The molecule has 0 saturated heterocycles. The van der Waals surface area contributed by atoms with E-state index >= 15 is 0 Å². The van der Waals surface area contributed by atoms with Crippen LogP contribution in [0.25, 0.3) is 22.5 Å². The standard InChI is InChI=1S/C20H21N5O/c1-5-15-11-13(2)22-20-19(14(3)23-25(15)20)17-8-7-16(12-18(17)26-4)24-10-6-9-21-24/h6-12H,5H2,1-4H3. The number of hydrogen-bond acceptors (Lipinski definition) is 4. The lowest BCUT2D eigenvalue weighted by Gasteiger charge is -2.11. The van der Waals surface area contributed by atoms with Gasteiger partial charge in [-0.1, -0.05) is 6.92 Å². The lowest BCUT2D eigenvalue weighted by atomic mass is 10.0. The Balaban J connectivity index is 1.95. The molecule has 4 aromatic rings. The van der Waals surface area contributed by atoms with Gasteiger partial charge >= 0.3 is 0 Å². The van der Waals surface area contributed by atoms with Crippen molar-refractivity contribution in [2.45, 2.75) is 27.2 Å². The zero-order chi connectivity index (χ0) is 18.3. The second kappa shape index (κ2) is 6.29. The van der Waals surface area contributed by atoms with Crippen LogP contribution in [0.1, 0.15) is 24.0 Å². The van der Waals surface area contributed by atoms with Crippen molar-refractivity contribution in [3.8, 4) is 22.6 Å². The normalized spacial score (nSPS) is 11.2. The molecule has 1 aromatic carbocycles. The molecule has 0 radical (unpaired) electrons. The largest absolute Gasteiger partial charge is 0.496 e.